The molecule has 2 nitrogen and oxygen atoms in total. The summed E-state index contributed by atoms with van der Waals surface area (Å²) in [6.45, 7) is 12.0. The SMILES string of the molecule is CC(C)(C)CCCCCCCCCN1CCCNC1. The van der Waals surface area contributed by atoms with Crippen LogP contribution in [0.5, 0.6) is 0 Å². The predicted molar refractivity (Wildman–Crippen MR) is 85.5 cm³/mol. The predicted octanol–water partition coefficient (Wildman–Crippen LogP) is 4.41. The Bertz CT molecular complexity index is 202. The Morgan fingerprint density at radius 2 is 1.53 bits per heavy atom. The fourth-order valence-corrected chi connectivity index (χ4v) is 2.81. The molecule has 0 aromatic rings. The topological polar surface area (TPSA) is 15.3 Å². The van der Waals surface area contributed by atoms with E-state index in [1.165, 1.54) is 77.4 Å². The van der Waals surface area contributed by atoms with Gasteiger partial charge in [-0.2, -0.15) is 0 Å². The molecule has 19 heavy (non-hydrogen) atoms. The van der Waals surface area contributed by atoms with E-state index < -0.39 is 0 Å². The molecule has 0 saturated carbocycles. The van der Waals surface area contributed by atoms with Crippen LogP contribution in [0, 0.1) is 5.41 Å². The Morgan fingerprint density at radius 1 is 0.895 bits per heavy atom. The van der Waals surface area contributed by atoms with Crippen LogP contribution in [-0.2, 0) is 0 Å². The number of rotatable bonds is 9. The van der Waals surface area contributed by atoms with Crippen LogP contribution in [0.2, 0.25) is 0 Å². The summed E-state index contributed by atoms with van der Waals surface area (Å²) in [7, 11) is 0. The summed E-state index contributed by atoms with van der Waals surface area (Å²) in [5.41, 5.74) is 0.530. The normalized spacial score (nSPS) is 17.8. The van der Waals surface area contributed by atoms with Gasteiger partial charge in [-0.15, -0.1) is 0 Å². The minimum absolute atomic E-state index is 0.530. The second-order valence-corrected chi connectivity index (χ2v) is 7.42. The van der Waals surface area contributed by atoms with Crippen molar-refractivity contribution in [3.8, 4) is 0 Å². The first-order valence-corrected chi connectivity index (χ1v) is 8.51. The zero-order valence-electron chi connectivity index (χ0n) is 13.6. The quantitative estimate of drug-likeness (QED) is 0.623. The van der Waals surface area contributed by atoms with E-state index in [0.29, 0.717) is 5.41 Å². The van der Waals surface area contributed by atoms with Gasteiger partial charge in [0.15, 0.2) is 0 Å². The van der Waals surface area contributed by atoms with E-state index >= 15 is 0 Å². The first-order valence-electron chi connectivity index (χ1n) is 8.51. The van der Waals surface area contributed by atoms with Crippen LogP contribution < -0.4 is 5.32 Å². The van der Waals surface area contributed by atoms with Gasteiger partial charge in [0.1, 0.15) is 0 Å². The van der Waals surface area contributed by atoms with Crippen LogP contribution in [0.3, 0.4) is 0 Å². The highest BCUT2D eigenvalue weighted by atomic mass is 15.2. The van der Waals surface area contributed by atoms with E-state index in [4.69, 9.17) is 0 Å². The molecule has 1 fully saturated rings. The van der Waals surface area contributed by atoms with Crippen molar-refractivity contribution in [1.82, 2.24) is 10.2 Å². The van der Waals surface area contributed by atoms with Gasteiger partial charge in [-0.05, 0) is 37.8 Å². The number of hydrogen-bond donors (Lipinski definition) is 1. The molecule has 0 radical (unpaired) electrons. The summed E-state index contributed by atoms with van der Waals surface area (Å²) >= 11 is 0. The molecule has 1 aliphatic rings. The van der Waals surface area contributed by atoms with Crippen molar-refractivity contribution in [2.75, 3.05) is 26.3 Å². The average Bonchev–Trinajstić information content (AvgIpc) is 2.37. The van der Waals surface area contributed by atoms with E-state index in [1.807, 2.05) is 0 Å². The number of hydrogen-bond acceptors (Lipinski definition) is 2. The standard InChI is InChI=1S/C17H36N2/c1-17(2,3)12-9-7-5-4-6-8-10-14-19-15-11-13-18-16-19/h18H,4-16H2,1-3H3. The Morgan fingerprint density at radius 3 is 2.11 bits per heavy atom. The molecule has 0 spiro atoms. The van der Waals surface area contributed by atoms with Gasteiger partial charge in [0.25, 0.3) is 0 Å². The largest absolute Gasteiger partial charge is 0.304 e. The number of unbranched alkanes of at least 4 members (excludes halogenated alkanes) is 6. The Hall–Kier alpha value is -0.0800. The van der Waals surface area contributed by atoms with Crippen molar-refractivity contribution in [2.45, 2.75) is 78.6 Å². The van der Waals surface area contributed by atoms with E-state index in [9.17, 15) is 0 Å². The van der Waals surface area contributed by atoms with Crippen molar-refractivity contribution in [3.05, 3.63) is 0 Å². The molecule has 0 unspecified atom stereocenters. The summed E-state index contributed by atoms with van der Waals surface area (Å²) in [4.78, 5) is 2.56. The van der Waals surface area contributed by atoms with Crippen molar-refractivity contribution < 1.29 is 0 Å². The lowest BCUT2D eigenvalue weighted by Crippen LogP contribution is -2.41. The highest BCUT2D eigenvalue weighted by Crippen LogP contribution is 2.22. The second kappa shape index (κ2) is 9.77. The van der Waals surface area contributed by atoms with Gasteiger partial charge in [0, 0.05) is 13.2 Å². The highest BCUT2D eigenvalue weighted by molar-refractivity contribution is 4.64. The zero-order chi connectivity index (χ0) is 14.0. The van der Waals surface area contributed by atoms with Crippen molar-refractivity contribution >= 4 is 0 Å². The summed E-state index contributed by atoms with van der Waals surface area (Å²) in [5, 5.41) is 3.45. The molecular formula is C17H36N2. The van der Waals surface area contributed by atoms with E-state index in [2.05, 4.69) is 31.0 Å². The lowest BCUT2D eigenvalue weighted by molar-refractivity contribution is 0.211. The molecule has 0 bridgehead atoms. The van der Waals surface area contributed by atoms with Crippen LogP contribution in [0.15, 0.2) is 0 Å². The van der Waals surface area contributed by atoms with Gasteiger partial charge in [-0.1, -0.05) is 59.3 Å². The second-order valence-electron chi connectivity index (χ2n) is 7.42. The van der Waals surface area contributed by atoms with Crippen LogP contribution in [0.25, 0.3) is 0 Å². The monoisotopic (exact) mass is 268 g/mol. The Kier molecular flexibility index (Phi) is 8.72. The van der Waals surface area contributed by atoms with Crippen molar-refractivity contribution in [3.63, 3.8) is 0 Å². The maximum Gasteiger partial charge on any atom is 0.0480 e. The summed E-state index contributed by atoms with van der Waals surface area (Å²) < 4.78 is 0. The van der Waals surface area contributed by atoms with Crippen LogP contribution in [0.4, 0.5) is 0 Å². The third kappa shape index (κ3) is 10.4. The van der Waals surface area contributed by atoms with Crippen LogP contribution in [0.1, 0.15) is 78.6 Å². The number of nitrogens with one attached hydrogen (secondary N) is 1. The van der Waals surface area contributed by atoms with Gasteiger partial charge >= 0.3 is 0 Å². The average molecular weight is 268 g/mol. The molecule has 0 atom stereocenters. The molecule has 0 amide bonds. The minimum atomic E-state index is 0.530. The molecule has 2 heteroatoms. The third-order valence-corrected chi connectivity index (χ3v) is 4.06. The molecule has 0 aromatic carbocycles. The molecule has 0 aliphatic carbocycles. The van der Waals surface area contributed by atoms with E-state index in [-0.39, 0.29) is 0 Å². The lowest BCUT2D eigenvalue weighted by atomic mass is 9.89. The molecule has 1 heterocycles. The van der Waals surface area contributed by atoms with Crippen molar-refractivity contribution in [2.24, 2.45) is 5.41 Å². The third-order valence-electron chi connectivity index (χ3n) is 4.06. The summed E-state index contributed by atoms with van der Waals surface area (Å²) in [6.07, 6.45) is 12.7. The molecular weight excluding hydrogens is 232 g/mol. The first kappa shape index (κ1) is 17.0. The van der Waals surface area contributed by atoms with E-state index in [1.54, 1.807) is 0 Å². The molecule has 1 N–H and O–H groups in total. The Labute approximate surface area is 121 Å². The first-order chi connectivity index (χ1) is 9.08. The summed E-state index contributed by atoms with van der Waals surface area (Å²) in [5.74, 6) is 0. The molecule has 0 aromatic heterocycles. The van der Waals surface area contributed by atoms with Gasteiger partial charge in [0.2, 0.25) is 0 Å². The number of nitrogens with zero attached hydrogens (tertiary/aromatic N) is 1. The molecule has 1 saturated heterocycles. The van der Waals surface area contributed by atoms with Gasteiger partial charge < -0.3 is 5.32 Å². The molecule has 1 rings (SSSR count). The Balaban J connectivity index is 1.78. The van der Waals surface area contributed by atoms with Crippen LogP contribution in [-0.4, -0.2) is 31.2 Å². The van der Waals surface area contributed by atoms with Gasteiger partial charge in [-0.25, -0.2) is 0 Å². The highest BCUT2D eigenvalue weighted by Gasteiger charge is 2.09. The zero-order valence-corrected chi connectivity index (χ0v) is 13.6. The van der Waals surface area contributed by atoms with E-state index in [0.717, 1.165) is 6.67 Å². The smallest absolute Gasteiger partial charge is 0.0480 e. The fourth-order valence-electron chi connectivity index (χ4n) is 2.81. The minimum Gasteiger partial charge on any atom is -0.304 e. The van der Waals surface area contributed by atoms with Gasteiger partial charge in [0.05, 0.1) is 0 Å². The maximum absolute atomic E-state index is 3.45. The maximum atomic E-state index is 3.45. The summed E-state index contributed by atoms with van der Waals surface area (Å²) in [6, 6.07) is 0. The molecule has 1 aliphatic heterocycles. The van der Waals surface area contributed by atoms with Crippen LogP contribution >= 0.6 is 0 Å². The fraction of sp³-hybridized carbons (Fsp3) is 1.00. The van der Waals surface area contributed by atoms with Crippen molar-refractivity contribution in [1.29, 1.82) is 0 Å². The lowest BCUT2D eigenvalue weighted by Gasteiger charge is -2.27. The van der Waals surface area contributed by atoms with Gasteiger partial charge in [-0.3, -0.25) is 4.90 Å². The molecule has 114 valence electrons.